The van der Waals surface area contributed by atoms with E-state index in [1.54, 1.807) is 22.8 Å². The minimum atomic E-state index is -0.132. The molecular formula is C18H21N5O2S. The van der Waals surface area contributed by atoms with Crippen LogP contribution in [0.2, 0.25) is 0 Å². The molecule has 3 aliphatic rings. The summed E-state index contributed by atoms with van der Waals surface area (Å²) >= 11 is 1.53. The standard InChI is InChI=1S/C18H21N5O2S/c1-2-16-19-5-13(6-20-16)17(24)22-7-12-3-4-15(9-22)23(18(12)25)8-14-10-26-11-21-14/h5-6,10-12,15H,2-4,7-9H2,1H3. The summed E-state index contributed by atoms with van der Waals surface area (Å²) in [5.41, 5.74) is 3.19. The van der Waals surface area contributed by atoms with E-state index in [1.807, 2.05) is 17.2 Å². The highest BCUT2D eigenvalue weighted by atomic mass is 32.1. The zero-order chi connectivity index (χ0) is 18.1. The Hall–Kier alpha value is -2.35. The number of fused-ring (bicyclic) bond motifs is 4. The van der Waals surface area contributed by atoms with Crippen LogP contribution in [0, 0.1) is 5.92 Å². The van der Waals surface area contributed by atoms with Crippen LogP contribution in [0.1, 0.15) is 41.6 Å². The van der Waals surface area contributed by atoms with E-state index >= 15 is 0 Å². The van der Waals surface area contributed by atoms with Crippen LogP contribution in [-0.2, 0) is 17.8 Å². The summed E-state index contributed by atoms with van der Waals surface area (Å²) in [6, 6.07) is 0.0442. The first-order chi connectivity index (χ1) is 12.7. The first-order valence-corrected chi connectivity index (χ1v) is 9.87. The molecule has 5 rings (SSSR count). The van der Waals surface area contributed by atoms with Gasteiger partial charge in [-0.2, -0.15) is 0 Å². The molecule has 0 aromatic carbocycles. The van der Waals surface area contributed by atoms with Gasteiger partial charge in [-0.25, -0.2) is 15.0 Å². The maximum absolute atomic E-state index is 12.9. The summed E-state index contributed by atoms with van der Waals surface area (Å²) in [5, 5.41) is 1.97. The number of nitrogens with zero attached hydrogens (tertiary/aromatic N) is 5. The molecule has 5 heterocycles. The normalized spacial score (nSPS) is 22.6. The van der Waals surface area contributed by atoms with Crippen LogP contribution in [0.3, 0.4) is 0 Å². The second kappa shape index (κ2) is 7.11. The first-order valence-electron chi connectivity index (χ1n) is 8.93. The number of rotatable bonds is 4. The zero-order valence-corrected chi connectivity index (χ0v) is 15.5. The fraction of sp³-hybridized carbons (Fsp3) is 0.500. The van der Waals surface area contributed by atoms with Crippen molar-refractivity contribution in [2.75, 3.05) is 13.1 Å². The van der Waals surface area contributed by atoms with E-state index in [1.165, 1.54) is 11.3 Å². The third-order valence-electron chi connectivity index (χ3n) is 5.16. The van der Waals surface area contributed by atoms with E-state index in [0.29, 0.717) is 25.2 Å². The Bertz CT molecular complexity index is 792. The summed E-state index contributed by atoms with van der Waals surface area (Å²) in [6.45, 7) is 3.53. The average Bonchev–Trinajstić information content (AvgIpc) is 3.04. The number of hydrogen-bond donors (Lipinski definition) is 0. The number of aryl methyl sites for hydroxylation is 1. The Kier molecular flexibility index (Phi) is 4.67. The first kappa shape index (κ1) is 17.1. The lowest BCUT2D eigenvalue weighted by Crippen LogP contribution is -2.47. The van der Waals surface area contributed by atoms with E-state index in [9.17, 15) is 9.59 Å². The molecule has 2 aromatic rings. The van der Waals surface area contributed by atoms with Crippen LogP contribution in [0.15, 0.2) is 23.3 Å². The average molecular weight is 371 g/mol. The summed E-state index contributed by atoms with van der Waals surface area (Å²) in [4.78, 5) is 42.2. The van der Waals surface area contributed by atoms with Crippen molar-refractivity contribution in [1.29, 1.82) is 0 Å². The van der Waals surface area contributed by atoms with Gasteiger partial charge in [-0.05, 0) is 12.8 Å². The van der Waals surface area contributed by atoms with Gasteiger partial charge < -0.3 is 9.80 Å². The van der Waals surface area contributed by atoms with Gasteiger partial charge in [0.15, 0.2) is 0 Å². The molecule has 2 atom stereocenters. The van der Waals surface area contributed by atoms with Gasteiger partial charge in [0, 0.05) is 43.3 Å². The molecule has 7 nitrogen and oxygen atoms in total. The Morgan fingerprint density at radius 2 is 2.04 bits per heavy atom. The molecule has 3 fully saturated rings. The molecule has 2 unspecified atom stereocenters. The lowest BCUT2D eigenvalue weighted by molar-refractivity contribution is -0.140. The summed E-state index contributed by atoms with van der Waals surface area (Å²) in [6.07, 6.45) is 5.69. The predicted molar refractivity (Wildman–Crippen MR) is 96.5 cm³/mol. The van der Waals surface area contributed by atoms with Gasteiger partial charge in [0.2, 0.25) is 5.91 Å². The van der Waals surface area contributed by atoms with E-state index in [4.69, 9.17) is 0 Å². The van der Waals surface area contributed by atoms with Crippen LogP contribution in [0.5, 0.6) is 0 Å². The van der Waals surface area contributed by atoms with Gasteiger partial charge in [-0.3, -0.25) is 9.59 Å². The molecule has 26 heavy (non-hydrogen) atoms. The van der Waals surface area contributed by atoms with Crippen molar-refractivity contribution in [1.82, 2.24) is 24.8 Å². The molecule has 2 aromatic heterocycles. The zero-order valence-electron chi connectivity index (χ0n) is 14.7. The molecule has 0 saturated carbocycles. The number of aromatic nitrogens is 3. The van der Waals surface area contributed by atoms with Gasteiger partial charge >= 0.3 is 0 Å². The van der Waals surface area contributed by atoms with Gasteiger partial charge in [0.1, 0.15) is 5.82 Å². The molecule has 2 amide bonds. The Morgan fingerprint density at radius 3 is 2.73 bits per heavy atom. The highest BCUT2D eigenvalue weighted by Crippen LogP contribution is 2.31. The monoisotopic (exact) mass is 371 g/mol. The van der Waals surface area contributed by atoms with Crippen molar-refractivity contribution in [2.45, 2.75) is 38.8 Å². The summed E-state index contributed by atoms with van der Waals surface area (Å²) in [7, 11) is 0. The van der Waals surface area contributed by atoms with Gasteiger partial charge in [0.05, 0.1) is 29.2 Å². The number of carbonyl (C=O) groups excluding carboxylic acids is 2. The third-order valence-corrected chi connectivity index (χ3v) is 5.80. The maximum atomic E-state index is 12.9. The van der Waals surface area contributed by atoms with Gasteiger partial charge in [-0.15, -0.1) is 11.3 Å². The molecule has 2 bridgehead atoms. The topological polar surface area (TPSA) is 79.3 Å². The molecule has 8 heteroatoms. The van der Waals surface area contributed by atoms with E-state index in [0.717, 1.165) is 30.8 Å². The van der Waals surface area contributed by atoms with Crippen molar-refractivity contribution in [2.24, 2.45) is 5.92 Å². The van der Waals surface area contributed by atoms with E-state index in [-0.39, 0.29) is 23.8 Å². The Labute approximate surface area is 156 Å². The van der Waals surface area contributed by atoms with Crippen molar-refractivity contribution in [3.05, 3.63) is 40.4 Å². The lowest BCUT2D eigenvalue weighted by atomic mass is 9.94. The highest BCUT2D eigenvalue weighted by molar-refractivity contribution is 7.07. The van der Waals surface area contributed by atoms with E-state index < -0.39 is 0 Å². The number of thiazole rings is 1. The minimum absolute atomic E-state index is 0.0442. The number of piperidine rings is 1. The van der Waals surface area contributed by atoms with Crippen LogP contribution < -0.4 is 0 Å². The largest absolute Gasteiger partial charge is 0.336 e. The molecule has 0 N–H and O–H groups in total. The number of hydrogen-bond acceptors (Lipinski definition) is 6. The highest BCUT2D eigenvalue weighted by Gasteiger charge is 2.42. The molecule has 3 aliphatic heterocycles. The fourth-order valence-electron chi connectivity index (χ4n) is 3.73. The van der Waals surface area contributed by atoms with Crippen molar-refractivity contribution >= 4 is 23.2 Å². The van der Waals surface area contributed by atoms with Crippen LogP contribution in [0.25, 0.3) is 0 Å². The smallest absolute Gasteiger partial charge is 0.257 e. The molecular weight excluding hydrogens is 350 g/mol. The third kappa shape index (κ3) is 3.21. The molecule has 0 aliphatic carbocycles. The van der Waals surface area contributed by atoms with Crippen molar-refractivity contribution < 1.29 is 9.59 Å². The molecule has 3 saturated heterocycles. The second-order valence-electron chi connectivity index (χ2n) is 6.83. The second-order valence-corrected chi connectivity index (χ2v) is 7.54. The Morgan fingerprint density at radius 1 is 1.23 bits per heavy atom. The minimum Gasteiger partial charge on any atom is -0.336 e. The molecule has 0 radical (unpaired) electrons. The van der Waals surface area contributed by atoms with Crippen LogP contribution in [0.4, 0.5) is 0 Å². The number of amides is 2. The van der Waals surface area contributed by atoms with Crippen molar-refractivity contribution in [3.63, 3.8) is 0 Å². The summed E-state index contributed by atoms with van der Waals surface area (Å²) < 4.78 is 0. The van der Waals surface area contributed by atoms with E-state index in [2.05, 4.69) is 15.0 Å². The summed E-state index contributed by atoms with van der Waals surface area (Å²) in [5.74, 6) is 0.643. The fourth-order valence-corrected chi connectivity index (χ4v) is 4.28. The Balaban J connectivity index is 1.53. The predicted octanol–water partition coefficient (Wildman–Crippen LogP) is 1.76. The van der Waals surface area contributed by atoms with Gasteiger partial charge in [0.25, 0.3) is 5.91 Å². The maximum Gasteiger partial charge on any atom is 0.257 e. The van der Waals surface area contributed by atoms with Crippen LogP contribution >= 0.6 is 11.3 Å². The lowest BCUT2D eigenvalue weighted by Gasteiger charge is -2.35. The molecule has 136 valence electrons. The van der Waals surface area contributed by atoms with Crippen LogP contribution in [-0.4, -0.2) is 55.7 Å². The van der Waals surface area contributed by atoms with Crippen molar-refractivity contribution in [3.8, 4) is 0 Å². The van der Waals surface area contributed by atoms with Gasteiger partial charge in [-0.1, -0.05) is 6.92 Å². The molecule has 0 spiro atoms. The quantitative estimate of drug-likeness (QED) is 0.818. The SMILES string of the molecule is CCc1ncc(C(=O)N2CC3CCC(C2)N(Cc2cscn2)C3=O)cn1. The number of carbonyl (C=O) groups is 2.